The highest BCUT2D eigenvalue weighted by Crippen LogP contribution is 2.39. The van der Waals surface area contributed by atoms with Crippen LogP contribution in [0.25, 0.3) is 112 Å². The van der Waals surface area contributed by atoms with Crippen molar-refractivity contribution in [3.05, 3.63) is 332 Å². The van der Waals surface area contributed by atoms with Gasteiger partial charge in [-0.15, -0.1) is 0 Å². The Morgan fingerprint density at radius 2 is 0.717 bits per heavy atom. The molecule has 0 radical (unpaired) electrons. The van der Waals surface area contributed by atoms with Crippen molar-refractivity contribution in [3.8, 4) is 56.4 Å². The molecule has 0 saturated carbocycles. The zero-order chi connectivity index (χ0) is 102. The number of hydrogen-bond donors (Lipinski definition) is 10. The Hall–Kier alpha value is -18.8. The molecule has 722 valence electrons. The number of nitrogens with one attached hydrogen (secondary N) is 10. The van der Waals surface area contributed by atoms with Crippen LogP contribution in [0, 0.1) is 41.9 Å². The summed E-state index contributed by atoms with van der Waals surface area (Å²) < 4.78 is 71.1. The summed E-state index contributed by atoms with van der Waals surface area (Å²) in [6.45, 7) is 10.3. The number of aromatic nitrogens is 20. The van der Waals surface area contributed by atoms with Gasteiger partial charge in [-0.3, -0.25) is 24.2 Å². The molecule has 20 aromatic rings. The van der Waals surface area contributed by atoms with E-state index < -0.39 is 23.3 Å². The Kier molecular flexibility index (Phi) is 31.7. The van der Waals surface area contributed by atoms with E-state index in [1.165, 1.54) is 75.3 Å². The van der Waals surface area contributed by atoms with Crippen LogP contribution < -0.4 is 53.2 Å². The minimum atomic E-state index is -0.602. The summed E-state index contributed by atoms with van der Waals surface area (Å²) in [5.74, 6) is 0.704. The summed E-state index contributed by atoms with van der Waals surface area (Å²) in [7, 11) is 1.78. The first-order chi connectivity index (χ1) is 70.2. The van der Waals surface area contributed by atoms with Gasteiger partial charge in [0.25, 0.3) is 0 Å². The van der Waals surface area contributed by atoms with E-state index in [-0.39, 0.29) is 57.7 Å². The SMILES string of the molecule is CC(=O)Nc1cc(Nc2cc(-c3cc(F)ccc3F)nc3ncccc23)ncn1.CC(=O)Nc1cc(Nc2cc(-c3ccccc3F)nc3ncccc23)ncn1.CC(C)C(=O)Nc1cc(Nc2cc(-c3cc(Cl)ccc3F)nc3ncccc23)ncn1.CCCC(=O)Nc1cc(Nc2cc(-c3cc(Cl)ccc3F)nc3ncccc23)ccn1.CNc1nccc(Nc2cc(-c3cccc(C)n3)nc3ncccc23)n1. The third kappa shape index (κ3) is 25.8. The molecular weight excluding hydrogens is 1900 g/mol. The number of benzene rings is 4. The van der Waals surface area contributed by atoms with Gasteiger partial charge in [0.15, 0.2) is 28.2 Å². The number of carbonyl (C=O) groups is 4. The summed E-state index contributed by atoms with van der Waals surface area (Å²) in [5.41, 5.74) is 11.3. The van der Waals surface area contributed by atoms with E-state index in [0.29, 0.717) is 154 Å². The predicted molar refractivity (Wildman–Crippen MR) is 551 cm³/mol. The second-order valence-corrected chi connectivity index (χ2v) is 32.8. The first-order valence-electron chi connectivity index (χ1n) is 44.5. The van der Waals surface area contributed by atoms with Gasteiger partial charge in [0.2, 0.25) is 29.6 Å². The first-order valence-corrected chi connectivity index (χ1v) is 45.3. The van der Waals surface area contributed by atoms with Crippen LogP contribution in [0.1, 0.15) is 53.2 Å². The molecule has 16 heterocycles. The van der Waals surface area contributed by atoms with Crippen LogP contribution in [-0.2, 0) is 19.2 Å². The Morgan fingerprint density at radius 1 is 0.324 bits per heavy atom. The molecule has 10 N–H and O–H groups in total. The first kappa shape index (κ1) is 99.2. The van der Waals surface area contributed by atoms with E-state index in [2.05, 4.69) is 153 Å². The van der Waals surface area contributed by atoms with Crippen LogP contribution in [0.4, 0.5) is 109 Å². The highest BCUT2D eigenvalue weighted by Gasteiger charge is 2.22. The molecule has 0 aliphatic carbocycles. The lowest BCUT2D eigenvalue weighted by Gasteiger charge is -2.13. The van der Waals surface area contributed by atoms with Gasteiger partial charge in [0.1, 0.15) is 94.6 Å². The average Bonchev–Trinajstić information content (AvgIpc) is 0.798. The van der Waals surface area contributed by atoms with Gasteiger partial charge in [-0.05, 0) is 195 Å². The molecule has 0 unspecified atom stereocenters. The van der Waals surface area contributed by atoms with Crippen molar-refractivity contribution in [3.63, 3.8) is 0 Å². The molecule has 4 amide bonds. The fraction of sp³-hybridized carbons (Fsp3) is 0.0962. The van der Waals surface area contributed by atoms with E-state index in [1.54, 1.807) is 167 Å². The molecule has 145 heavy (non-hydrogen) atoms. The molecule has 16 aromatic heterocycles. The molecule has 0 fully saturated rings. The number of amides is 4. The van der Waals surface area contributed by atoms with Crippen LogP contribution in [-0.4, -0.2) is 130 Å². The third-order valence-electron chi connectivity index (χ3n) is 20.9. The van der Waals surface area contributed by atoms with Gasteiger partial charge in [-0.25, -0.2) is 112 Å². The molecule has 0 aliphatic rings. The molecule has 0 saturated heterocycles. The number of halogens is 7. The molecule has 0 aliphatic heterocycles. The Labute approximate surface area is 833 Å². The lowest BCUT2D eigenvalue weighted by atomic mass is 10.1. The quantitative estimate of drug-likeness (QED) is 0.0266. The summed E-state index contributed by atoms with van der Waals surface area (Å²) in [4.78, 5) is 132. The maximum Gasteiger partial charge on any atom is 0.228 e. The molecule has 0 spiro atoms. The Morgan fingerprint density at radius 3 is 1.16 bits per heavy atom. The molecule has 4 aromatic carbocycles. The molecule has 0 atom stereocenters. The molecule has 0 bridgehead atoms. The van der Waals surface area contributed by atoms with Crippen LogP contribution in [0.15, 0.2) is 287 Å². The van der Waals surface area contributed by atoms with Crippen molar-refractivity contribution in [2.24, 2.45) is 5.92 Å². The number of hydrogen-bond acceptors (Lipinski definition) is 30. The minimum absolute atomic E-state index is 0.0159. The van der Waals surface area contributed by atoms with Gasteiger partial charge in [-0.1, -0.05) is 62.2 Å². The largest absolute Gasteiger partial charge is 0.357 e. The highest BCUT2D eigenvalue weighted by atomic mass is 35.5. The normalized spacial score (nSPS) is 10.8. The fourth-order valence-corrected chi connectivity index (χ4v) is 14.6. The molecule has 34 nitrogen and oxygen atoms in total. The van der Waals surface area contributed by atoms with Crippen LogP contribution in [0.2, 0.25) is 10.0 Å². The van der Waals surface area contributed by atoms with Gasteiger partial charge in [0.05, 0.1) is 62.6 Å². The summed E-state index contributed by atoms with van der Waals surface area (Å²) in [5, 5.41) is 34.4. The number of aryl methyl sites for hydroxylation is 1. The minimum Gasteiger partial charge on any atom is -0.357 e. The Bertz CT molecular complexity index is 8240. The number of carbonyl (C=O) groups excluding carboxylic acids is 4. The maximum atomic E-state index is 14.5. The van der Waals surface area contributed by atoms with E-state index in [0.717, 1.165) is 68.9 Å². The third-order valence-corrected chi connectivity index (χ3v) is 21.4. The summed E-state index contributed by atoms with van der Waals surface area (Å²) >= 11 is 12.1. The van der Waals surface area contributed by atoms with Crippen molar-refractivity contribution in [1.29, 1.82) is 0 Å². The van der Waals surface area contributed by atoms with Gasteiger partial charge >= 0.3 is 0 Å². The fourth-order valence-electron chi connectivity index (χ4n) is 14.3. The Balaban J connectivity index is 0.000000130. The summed E-state index contributed by atoms with van der Waals surface area (Å²) in [6.07, 6.45) is 16.6. The number of pyridine rings is 12. The van der Waals surface area contributed by atoms with Gasteiger partial charge < -0.3 is 53.2 Å². The van der Waals surface area contributed by atoms with Gasteiger partial charge in [0, 0.05) is 171 Å². The van der Waals surface area contributed by atoms with Crippen molar-refractivity contribution >= 4 is 189 Å². The van der Waals surface area contributed by atoms with Crippen molar-refractivity contribution in [2.45, 2.75) is 54.4 Å². The van der Waals surface area contributed by atoms with E-state index in [9.17, 15) is 41.1 Å². The molecule has 41 heteroatoms. The lowest BCUT2D eigenvalue weighted by Crippen LogP contribution is -2.18. The van der Waals surface area contributed by atoms with E-state index in [1.807, 2.05) is 74.5 Å². The average molecular weight is 1980 g/mol. The monoisotopic (exact) mass is 1980 g/mol. The second-order valence-electron chi connectivity index (χ2n) is 31.9. The zero-order valence-corrected chi connectivity index (χ0v) is 79.4. The van der Waals surface area contributed by atoms with Crippen LogP contribution in [0.3, 0.4) is 0 Å². The number of anilines is 15. The van der Waals surface area contributed by atoms with E-state index in [4.69, 9.17) is 23.2 Å². The maximum absolute atomic E-state index is 14.5. The number of nitrogens with zero attached hydrogens (tertiary/aromatic N) is 20. The number of rotatable bonds is 23. The van der Waals surface area contributed by atoms with Crippen LogP contribution >= 0.6 is 23.2 Å². The van der Waals surface area contributed by atoms with Crippen molar-refractivity contribution in [1.82, 2.24) is 99.7 Å². The standard InChI is InChI=1S/C23H19ClFN5O.C22H18ClFN6O.C20H14F2N6O.C20H15FN6O.C19H17N7/c1-2-4-22(31)30-21-12-15(8-10-26-21)28-19-13-20(17-11-14(24)6-7-18(17)25)29-23-16(19)5-3-9-27-23;1-12(2)22(31)30-20-10-19(26-11-27-20)28-17-9-18(15-8-13(23)5-6-16(15)24)29-21-14(17)4-3-7-25-21;1-11(29)26-18-9-19(25-10-24-18)27-16-8-17(14-7-12(21)4-5-15(14)22)28-20-13(16)3-2-6-23-20;1-12(28)25-18-10-19(24-11-23-18)26-17-9-16(13-5-2-3-7-15(13)21)27-20-14(17)6-4-8-22-20;1-12-5-3-7-14(23-12)16-11-15(13-6-4-9-21-18(13)25-16)24-17-8-10-22-19(20-2)26-17/h3,5-13H,2,4H2,1H3,(H2,26,27,28,29,30,31);3-12H,1-2H3,(H2,25,26,27,28,29,30,31);2-10H,1H3,(H2,23,24,25,26,27,28,29);2-11H,1H3,(H2,22,23,24,25,26,27,28);3-11H,1-2H3,(H2,20,21,22,24,25,26). The van der Waals surface area contributed by atoms with Crippen LogP contribution in [0.5, 0.6) is 0 Å². The van der Waals surface area contributed by atoms with Crippen molar-refractivity contribution < 1.29 is 41.1 Å². The molecule has 20 rings (SSSR count). The molecular formula is C104H83Cl2F5N30O4. The highest BCUT2D eigenvalue weighted by molar-refractivity contribution is 6.31. The topological polar surface area (TPSA) is 446 Å². The second kappa shape index (κ2) is 46.3. The van der Waals surface area contributed by atoms with Gasteiger partial charge in [-0.2, -0.15) is 4.98 Å². The summed E-state index contributed by atoms with van der Waals surface area (Å²) in [6, 6.07) is 61.3. The zero-order valence-electron chi connectivity index (χ0n) is 77.9. The van der Waals surface area contributed by atoms with Crippen molar-refractivity contribution in [2.75, 3.05) is 60.2 Å². The smallest absolute Gasteiger partial charge is 0.228 e. The van der Waals surface area contributed by atoms with E-state index >= 15 is 0 Å². The number of fused-ring (bicyclic) bond motifs is 5. The predicted octanol–water partition coefficient (Wildman–Crippen LogP) is 22.8. The lowest BCUT2D eigenvalue weighted by molar-refractivity contribution is -0.119.